The second-order valence-corrected chi connectivity index (χ2v) is 8.71. The molecule has 1 aliphatic carbocycles. The number of benzene rings is 1. The average Bonchev–Trinajstić information content (AvgIpc) is 2.78. The van der Waals surface area contributed by atoms with Crippen LogP contribution in [0.1, 0.15) is 69.5 Å². The fourth-order valence-corrected chi connectivity index (χ4v) is 3.85. The average molecular weight is 496 g/mol. The van der Waals surface area contributed by atoms with Gasteiger partial charge in [0.05, 0.1) is 5.69 Å². The maximum absolute atomic E-state index is 13.7. The second kappa shape index (κ2) is 13.6. The molecule has 0 saturated heterocycles. The van der Waals surface area contributed by atoms with Crippen LogP contribution in [0, 0.1) is 18.7 Å². The van der Waals surface area contributed by atoms with Gasteiger partial charge < -0.3 is 20.5 Å². The van der Waals surface area contributed by atoms with Crippen molar-refractivity contribution in [2.75, 3.05) is 10.6 Å². The third-order valence-corrected chi connectivity index (χ3v) is 5.58. The van der Waals surface area contributed by atoms with E-state index in [1.165, 1.54) is 26.2 Å². The van der Waals surface area contributed by atoms with Crippen LogP contribution in [0.3, 0.4) is 0 Å². The van der Waals surface area contributed by atoms with E-state index >= 15 is 0 Å². The first-order chi connectivity index (χ1) is 16.6. The number of pyridine rings is 1. The van der Waals surface area contributed by atoms with E-state index in [2.05, 4.69) is 20.4 Å². The number of aromatic nitrogens is 1. The Morgan fingerprint density at radius 1 is 1.11 bits per heavy atom. The van der Waals surface area contributed by atoms with Crippen molar-refractivity contribution in [3.05, 3.63) is 47.4 Å². The molecule has 0 spiro atoms. The maximum atomic E-state index is 13.7. The summed E-state index contributed by atoms with van der Waals surface area (Å²) in [7, 11) is 0. The number of carbonyl (C=O) groups excluding carboxylic acids is 1. The fourth-order valence-electron chi connectivity index (χ4n) is 3.85. The minimum Gasteiger partial charge on any atom is -0.481 e. The lowest BCUT2D eigenvalue weighted by Gasteiger charge is -2.18. The van der Waals surface area contributed by atoms with Crippen molar-refractivity contribution in [1.29, 1.82) is 0 Å². The van der Waals surface area contributed by atoms with E-state index in [9.17, 15) is 22.8 Å². The van der Waals surface area contributed by atoms with Crippen LogP contribution in [0.4, 0.5) is 29.3 Å². The highest BCUT2D eigenvalue weighted by molar-refractivity contribution is 6.01. The van der Waals surface area contributed by atoms with Crippen LogP contribution in [0.5, 0.6) is 5.88 Å². The zero-order valence-corrected chi connectivity index (χ0v) is 20.1. The first-order valence-corrected chi connectivity index (χ1v) is 11.6. The first kappa shape index (κ1) is 27.9. The minimum absolute atomic E-state index is 0.119. The number of aryl methyl sites for hydroxylation is 1. The van der Waals surface area contributed by atoms with E-state index in [0.29, 0.717) is 18.0 Å². The molecule has 2 amide bonds. The molecule has 3 rings (SSSR count). The van der Waals surface area contributed by atoms with Crippen molar-refractivity contribution >= 4 is 23.4 Å². The van der Waals surface area contributed by atoms with Crippen LogP contribution in [0.25, 0.3) is 0 Å². The molecule has 1 fully saturated rings. The molecule has 192 valence electrons. The molecule has 2 aromatic rings. The Morgan fingerprint density at radius 3 is 2.34 bits per heavy atom. The molecule has 1 aliphatic rings. The highest BCUT2D eigenvalue weighted by Gasteiger charge is 2.18. The molecule has 7 nitrogen and oxygen atoms in total. The number of halogens is 3. The number of hydrogen-bond acceptors (Lipinski definition) is 4. The number of carboxylic acid groups (broad SMARTS) is 1. The number of amides is 2. The molecule has 0 unspecified atom stereocenters. The van der Waals surface area contributed by atoms with Gasteiger partial charge in [0.25, 0.3) is 0 Å². The van der Waals surface area contributed by atoms with E-state index < -0.39 is 30.3 Å². The Labute approximate surface area is 203 Å². The van der Waals surface area contributed by atoms with Gasteiger partial charge in [0.1, 0.15) is 11.5 Å². The molecule has 35 heavy (non-hydrogen) atoms. The molecule has 0 radical (unpaired) electrons. The Balaban J connectivity index is 0.000000360. The SMILES string of the molecule is Cc1nc(OC(F)F)c(NC(=O)Nc2ccccc2C(C)C)cc1F.O=C(O)CC1CCCCC1. The van der Waals surface area contributed by atoms with Gasteiger partial charge in [0.15, 0.2) is 0 Å². The lowest BCUT2D eigenvalue weighted by atomic mass is 9.87. The zero-order valence-electron chi connectivity index (χ0n) is 20.1. The van der Waals surface area contributed by atoms with Crippen molar-refractivity contribution in [3.63, 3.8) is 0 Å². The summed E-state index contributed by atoms with van der Waals surface area (Å²) in [6, 6.07) is 7.32. The molecule has 0 atom stereocenters. The van der Waals surface area contributed by atoms with Crippen LogP contribution < -0.4 is 15.4 Å². The summed E-state index contributed by atoms with van der Waals surface area (Å²) in [4.78, 5) is 26.0. The number of aliphatic carboxylic acids is 1. The van der Waals surface area contributed by atoms with Crippen molar-refractivity contribution in [2.24, 2.45) is 5.92 Å². The van der Waals surface area contributed by atoms with Gasteiger partial charge in [0.2, 0.25) is 5.88 Å². The number of rotatable bonds is 7. The van der Waals surface area contributed by atoms with E-state index in [1.807, 2.05) is 26.0 Å². The number of carbonyl (C=O) groups is 2. The monoisotopic (exact) mass is 495 g/mol. The number of ether oxygens (including phenoxy) is 1. The molecule has 1 aromatic carbocycles. The molecule has 10 heteroatoms. The summed E-state index contributed by atoms with van der Waals surface area (Å²) in [5.74, 6) is -1.30. The summed E-state index contributed by atoms with van der Waals surface area (Å²) in [6.45, 7) is 2.08. The van der Waals surface area contributed by atoms with E-state index in [-0.39, 0.29) is 17.3 Å². The number of carboxylic acids is 1. The van der Waals surface area contributed by atoms with E-state index in [1.54, 1.807) is 12.1 Å². The summed E-state index contributed by atoms with van der Waals surface area (Å²) < 4.78 is 42.9. The van der Waals surface area contributed by atoms with Crippen LogP contribution >= 0.6 is 0 Å². The summed E-state index contributed by atoms with van der Waals surface area (Å²) in [6.07, 6.45) is 6.42. The molecular formula is C25H32F3N3O4. The summed E-state index contributed by atoms with van der Waals surface area (Å²) in [5.41, 5.74) is 1.05. The maximum Gasteiger partial charge on any atom is 0.388 e. The lowest BCUT2D eigenvalue weighted by molar-refractivity contribution is -0.138. The van der Waals surface area contributed by atoms with Gasteiger partial charge in [-0.1, -0.05) is 51.3 Å². The van der Waals surface area contributed by atoms with Gasteiger partial charge in [-0.05, 0) is 43.2 Å². The van der Waals surface area contributed by atoms with E-state index in [0.717, 1.165) is 24.5 Å². The van der Waals surface area contributed by atoms with Crippen molar-refractivity contribution in [1.82, 2.24) is 4.98 Å². The van der Waals surface area contributed by atoms with Crippen molar-refractivity contribution < 1.29 is 32.6 Å². The topological polar surface area (TPSA) is 101 Å². The minimum atomic E-state index is -3.15. The quantitative estimate of drug-likeness (QED) is 0.386. The van der Waals surface area contributed by atoms with Crippen LogP contribution in [-0.4, -0.2) is 28.7 Å². The van der Waals surface area contributed by atoms with Crippen molar-refractivity contribution in [3.8, 4) is 5.88 Å². The standard InChI is InChI=1S/C17H18F3N3O2.C8H14O2/c1-9(2)11-6-4-5-7-13(11)22-17(24)23-14-8-12(18)10(3)21-15(14)25-16(19)20;9-8(10)6-7-4-2-1-3-5-7/h4-9,16H,1-3H3,(H2,22,23,24);7H,1-6H2,(H,9,10). The van der Waals surface area contributed by atoms with Crippen LogP contribution in [0.15, 0.2) is 30.3 Å². The van der Waals surface area contributed by atoms with Gasteiger partial charge in [0, 0.05) is 18.2 Å². The highest BCUT2D eigenvalue weighted by atomic mass is 19.3. The molecule has 1 saturated carbocycles. The fraction of sp³-hybridized carbons (Fsp3) is 0.480. The van der Waals surface area contributed by atoms with Gasteiger partial charge >= 0.3 is 18.6 Å². The number of para-hydroxylation sites is 1. The smallest absolute Gasteiger partial charge is 0.388 e. The summed E-state index contributed by atoms with van der Waals surface area (Å²) >= 11 is 0. The lowest BCUT2D eigenvalue weighted by Crippen LogP contribution is -2.22. The Bertz CT molecular complexity index is 996. The van der Waals surface area contributed by atoms with Crippen LogP contribution in [0.2, 0.25) is 0 Å². The Kier molecular flexibility index (Phi) is 10.8. The number of anilines is 2. The number of alkyl halides is 2. The third kappa shape index (κ3) is 9.46. The number of nitrogens with zero attached hydrogens (tertiary/aromatic N) is 1. The molecule has 0 bridgehead atoms. The molecule has 0 aliphatic heterocycles. The molecular weight excluding hydrogens is 463 g/mol. The normalized spacial score (nSPS) is 13.7. The van der Waals surface area contributed by atoms with Gasteiger partial charge in [-0.25, -0.2) is 14.2 Å². The van der Waals surface area contributed by atoms with Crippen LogP contribution in [-0.2, 0) is 4.79 Å². The van der Waals surface area contributed by atoms with Gasteiger partial charge in [-0.3, -0.25) is 4.79 Å². The molecule has 3 N–H and O–H groups in total. The number of hydrogen-bond donors (Lipinski definition) is 3. The summed E-state index contributed by atoms with van der Waals surface area (Å²) in [5, 5.41) is 13.4. The van der Waals surface area contributed by atoms with Gasteiger partial charge in [-0.15, -0.1) is 0 Å². The predicted octanol–water partition coefficient (Wildman–Crippen LogP) is 6.94. The number of urea groups is 1. The Morgan fingerprint density at radius 2 is 1.74 bits per heavy atom. The number of nitrogens with one attached hydrogen (secondary N) is 2. The zero-order chi connectivity index (χ0) is 26.0. The van der Waals surface area contributed by atoms with Gasteiger partial charge in [-0.2, -0.15) is 8.78 Å². The third-order valence-electron chi connectivity index (χ3n) is 5.58. The molecule has 1 heterocycles. The Hall–Kier alpha value is -3.30. The first-order valence-electron chi connectivity index (χ1n) is 11.6. The largest absolute Gasteiger partial charge is 0.481 e. The molecule has 1 aromatic heterocycles. The van der Waals surface area contributed by atoms with Crippen molar-refractivity contribution in [2.45, 2.75) is 71.8 Å². The predicted molar refractivity (Wildman–Crippen MR) is 128 cm³/mol. The highest BCUT2D eigenvalue weighted by Crippen LogP contribution is 2.28. The second-order valence-electron chi connectivity index (χ2n) is 8.71. The van der Waals surface area contributed by atoms with E-state index in [4.69, 9.17) is 5.11 Å².